The predicted octanol–water partition coefficient (Wildman–Crippen LogP) is 3.70. The van der Waals surface area contributed by atoms with Gasteiger partial charge in [-0.1, -0.05) is 35.1 Å². The molecule has 0 fully saturated rings. The Balaban J connectivity index is 2.19. The molecule has 0 aliphatic rings. The molecule has 0 aliphatic heterocycles. The normalized spacial score (nSPS) is 12.2. The Labute approximate surface area is 122 Å². The van der Waals surface area contributed by atoms with Crippen molar-refractivity contribution in [3.63, 3.8) is 0 Å². The predicted molar refractivity (Wildman–Crippen MR) is 80.0 cm³/mol. The minimum Gasteiger partial charge on any atom is -0.318 e. The first-order chi connectivity index (χ1) is 9.16. The maximum Gasteiger partial charge on any atom is 0.289 e. The lowest BCUT2D eigenvalue weighted by Gasteiger charge is -1.97. The minimum absolute atomic E-state index is 0.215. The summed E-state index contributed by atoms with van der Waals surface area (Å²) < 4.78 is 2.88. The highest BCUT2D eigenvalue weighted by Gasteiger charge is 2.09. The Hall–Kier alpha value is -1.43. The van der Waals surface area contributed by atoms with Crippen LogP contribution in [0, 0.1) is 0 Å². The number of carbonyl (C=O) groups excluding carboxylic acids is 1. The molecule has 2 aromatic heterocycles. The number of fused-ring (bicyclic) bond motifs is 1. The van der Waals surface area contributed by atoms with Gasteiger partial charge in [-0.2, -0.15) is 4.99 Å². The molecule has 0 N–H and O–H groups in total. The van der Waals surface area contributed by atoms with Gasteiger partial charge in [-0.15, -0.1) is 11.3 Å². The second-order valence-electron chi connectivity index (χ2n) is 3.92. The van der Waals surface area contributed by atoms with Gasteiger partial charge in [0.15, 0.2) is 4.80 Å². The molecule has 0 unspecified atom stereocenters. The maximum absolute atomic E-state index is 12.0. The molecule has 96 valence electrons. The molecule has 0 saturated carbocycles. The quantitative estimate of drug-likeness (QED) is 0.675. The van der Waals surface area contributed by atoms with Crippen LogP contribution in [0.5, 0.6) is 0 Å². The molecule has 0 spiro atoms. The number of amides is 1. The van der Waals surface area contributed by atoms with E-state index in [0.29, 0.717) is 14.7 Å². The van der Waals surface area contributed by atoms with Crippen molar-refractivity contribution in [3.8, 4) is 0 Å². The van der Waals surface area contributed by atoms with E-state index in [1.807, 2.05) is 41.3 Å². The van der Waals surface area contributed by atoms with Gasteiger partial charge in [0.25, 0.3) is 5.91 Å². The second kappa shape index (κ2) is 4.92. The Morgan fingerprint density at radius 3 is 2.84 bits per heavy atom. The summed E-state index contributed by atoms with van der Waals surface area (Å²) in [6, 6.07) is 9.32. The number of benzene rings is 1. The Morgan fingerprint density at radius 1 is 1.32 bits per heavy atom. The van der Waals surface area contributed by atoms with Crippen molar-refractivity contribution in [2.24, 2.45) is 12.0 Å². The summed E-state index contributed by atoms with van der Waals surface area (Å²) in [4.78, 5) is 17.5. The summed E-state index contributed by atoms with van der Waals surface area (Å²) >= 11 is 9.02. The number of para-hydroxylation sites is 1. The number of aryl methyl sites for hydroxylation is 1. The van der Waals surface area contributed by atoms with Crippen LogP contribution in [0.3, 0.4) is 0 Å². The van der Waals surface area contributed by atoms with E-state index in [1.54, 1.807) is 6.07 Å². The molecule has 1 aromatic carbocycles. The lowest BCUT2D eigenvalue weighted by atomic mass is 10.3. The van der Waals surface area contributed by atoms with Gasteiger partial charge in [-0.3, -0.25) is 4.79 Å². The number of aromatic nitrogens is 1. The van der Waals surface area contributed by atoms with Crippen LogP contribution in [-0.2, 0) is 7.05 Å². The third-order valence-electron chi connectivity index (χ3n) is 2.70. The molecule has 1 amide bonds. The second-order valence-corrected chi connectivity index (χ2v) is 6.29. The molecule has 3 rings (SSSR count). The van der Waals surface area contributed by atoms with Crippen LogP contribution >= 0.6 is 34.3 Å². The van der Waals surface area contributed by atoms with Crippen molar-refractivity contribution >= 4 is 50.4 Å². The first-order valence-corrected chi connectivity index (χ1v) is 7.61. The first kappa shape index (κ1) is 12.6. The fourth-order valence-corrected chi connectivity index (χ4v) is 3.81. The van der Waals surface area contributed by atoms with Crippen LogP contribution in [0.25, 0.3) is 10.2 Å². The summed E-state index contributed by atoms with van der Waals surface area (Å²) in [6.07, 6.45) is 0. The number of rotatable bonds is 1. The van der Waals surface area contributed by atoms with Gasteiger partial charge >= 0.3 is 0 Å². The molecule has 0 bridgehead atoms. The molecule has 3 aromatic rings. The van der Waals surface area contributed by atoms with Gasteiger partial charge in [-0.05, 0) is 23.6 Å². The monoisotopic (exact) mass is 308 g/mol. The summed E-state index contributed by atoms with van der Waals surface area (Å²) in [5, 5.41) is 2.53. The molecular formula is C13H9ClN2OS2. The number of hydrogen-bond acceptors (Lipinski definition) is 3. The minimum atomic E-state index is -0.215. The van der Waals surface area contributed by atoms with E-state index in [0.717, 1.165) is 10.2 Å². The maximum atomic E-state index is 12.0. The molecule has 0 saturated heterocycles. The summed E-state index contributed by atoms with van der Waals surface area (Å²) in [5.41, 5.74) is 0.909. The highest BCUT2D eigenvalue weighted by molar-refractivity contribution is 7.16. The summed E-state index contributed by atoms with van der Waals surface area (Å²) in [7, 11) is 1.87. The highest BCUT2D eigenvalue weighted by atomic mass is 35.5. The number of thiazole rings is 1. The molecule has 0 radical (unpaired) electrons. The summed E-state index contributed by atoms with van der Waals surface area (Å²) in [5.74, 6) is -0.215. The lowest BCUT2D eigenvalue weighted by molar-refractivity contribution is 0.100. The van der Waals surface area contributed by atoms with Crippen molar-refractivity contribution in [1.29, 1.82) is 0 Å². The smallest absolute Gasteiger partial charge is 0.289 e. The van der Waals surface area contributed by atoms with Gasteiger partial charge in [0, 0.05) is 7.05 Å². The van der Waals surface area contributed by atoms with E-state index >= 15 is 0 Å². The highest BCUT2D eigenvalue weighted by Crippen LogP contribution is 2.24. The number of thiophene rings is 1. The average Bonchev–Trinajstić information content (AvgIpc) is 2.99. The van der Waals surface area contributed by atoms with Gasteiger partial charge in [0.1, 0.15) is 0 Å². The molecule has 6 heteroatoms. The average molecular weight is 309 g/mol. The van der Waals surface area contributed by atoms with Crippen LogP contribution in [0.2, 0.25) is 5.02 Å². The van der Waals surface area contributed by atoms with E-state index in [-0.39, 0.29) is 5.91 Å². The van der Waals surface area contributed by atoms with Crippen LogP contribution in [0.4, 0.5) is 0 Å². The lowest BCUT2D eigenvalue weighted by Crippen LogP contribution is -2.12. The van der Waals surface area contributed by atoms with E-state index < -0.39 is 0 Å². The van der Waals surface area contributed by atoms with Crippen molar-refractivity contribution in [2.45, 2.75) is 0 Å². The molecule has 0 atom stereocenters. The fraction of sp³-hybridized carbons (Fsp3) is 0.0769. The Morgan fingerprint density at radius 2 is 2.16 bits per heavy atom. The largest absolute Gasteiger partial charge is 0.318 e. The van der Waals surface area contributed by atoms with E-state index in [4.69, 9.17) is 11.6 Å². The molecule has 19 heavy (non-hydrogen) atoms. The van der Waals surface area contributed by atoms with Crippen molar-refractivity contribution in [1.82, 2.24) is 4.57 Å². The van der Waals surface area contributed by atoms with Gasteiger partial charge in [0.2, 0.25) is 0 Å². The van der Waals surface area contributed by atoms with Gasteiger partial charge in [-0.25, -0.2) is 0 Å². The molecule has 3 nitrogen and oxygen atoms in total. The van der Waals surface area contributed by atoms with Crippen LogP contribution in [0.15, 0.2) is 40.7 Å². The standard InChI is InChI=1S/C13H9ClN2OS2/c1-16-11-8(14)4-2-5-9(11)19-13(16)15-12(17)10-6-3-7-18-10/h2-7H,1H3. The SMILES string of the molecule is Cn1c(=NC(=O)c2cccs2)sc2cccc(Cl)c21. The zero-order valence-corrected chi connectivity index (χ0v) is 12.4. The first-order valence-electron chi connectivity index (χ1n) is 5.53. The van der Waals surface area contributed by atoms with E-state index in [2.05, 4.69) is 4.99 Å². The van der Waals surface area contributed by atoms with E-state index in [1.165, 1.54) is 22.7 Å². The third-order valence-corrected chi connectivity index (χ3v) is 4.96. The number of carbonyl (C=O) groups is 1. The zero-order chi connectivity index (χ0) is 13.4. The third kappa shape index (κ3) is 2.25. The van der Waals surface area contributed by atoms with Crippen LogP contribution < -0.4 is 4.80 Å². The number of nitrogens with zero attached hydrogens (tertiary/aromatic N) is 2. The number of halogens is 1. The van der Waals surface area contributed by atoms with E-state index in [9.17, 15) is 4.79 Å². The molecular weight excluding hydrogens is 300 g/mol. The fourth-order valence-electron chi connectivity index (χ4n) is 1.81. The molecule has 0 aliphatic carbocycles. The summed E-state index contributed by atoms with van der Waals surface area (Å²) in [6.45, 7) is 0. The van der Waals surface area contributed by atoms with Crippen LogP contribution in [-0.4, -0.2) is 10.5 Å². The van der Waals surface area contributed by atoms with Crippen LogP contribution in [0.1, 0.15) is 9.67 Å². The molecule has 2 heterocycles. The topological polar surface area (TPSA) is 34.4 Å². The van der Waals surface area contributed by atoms with Crippen molar-refractivity contribution < 1.29 is 4.79 Å². The Bertz CT molecular complexity index is 815. The van der Waals surface area contributed by atoms with Gasteiger partial charge in [0.05, 0.1) is 20.1 Å². The van der Waals surface area contributed by atoms with Crippen molar-refractivity contribution in [2.75, 3.05) is 0 Å². The number of hydrogen-bond donors (Lipinski definition) is 0. The van der Waals surface area contributed by atoms with Gasteiger partial charge < -0.3 is 4.57 Å². The Kier molecular flexibility index (Phi) is 3.26. The zero-order valence-electron chi connectivity index (χ0n) is 9.96. The van der Waals surface area contributed by atoms with Crippen molar-refractivity contribution in [3.05, 3.63) is 50.4 Å².